The molecule has 1 aromatic rings. The molecule has 1 aliphatic carbocycles. The number of halogens is 3. The summed E-state index contributed by atoms with van der Waals surface area (Å²) in [6.07, 6.45) is 5.71. The zero-order valence-electron chi connectivity index (χ0n) is 25.5. The number of aromatic nitrogens is 2. The first-order valence-corrected chi connectivity index (χ1v) is 17.2. The second kappa shape index (κ2) is 13.0. The summed E-state index contributed by atoms with van der Waals surface area (Å²) in [5, 5.41) is 26.6. The molecule has 0 amide bonds. The molecular formula is C30H50F3N7O2S. The molecule has 5 fully saturated rings. The first-order chi connectivity index (χ1) is 20.5. The quantitative estimate of drug-likeness (QED) is 0.233. The minimum absolute atomic E-state index is 0.0228. The van der Waals surface area contributed by atoms with Gasteiger partial charge in [-0.2, -0.15) is 13.2 Å². The van der Waals surface area contributed by atoms with Crippen LogP contribution in [0, 0.1) is 17.3 Å². The van der Waals surface area contributed by atoms with Gasteiger partial charge in [0.25, 0.3) is 0 Å². The van der Waals surface area contributed by atoms with Crippen LogP contribution in [0.4, 0.5) is 13.2 Å². The molecule has 244 valence electrons. The van der Waals surface area contributed by atoms with Crippen molar-refractivity contribution < 1.29 is 23.0 Å². The van der Waals surface area contributed by atoms with Gasteiger partial charge in [-0.3, -0.25) is 30.3 Å². The van der Waals surface area contributed by atoms with E-state index in [9.17, 15) is 18.3 Å². The summed E-state index contributed by atoms with van der Waals surface area (Å²) < 4.78 is 51.1. The van der Waals surface area contributed by atoms with Gasteiger partial charge in [0.15, 0.2) is 0 Å². The van der Waals surface area contributed by atoms with E-state index in [2.05, 4.69) is 44.5 Å². The lowest BCUT2D eigenvalue weighted by molar-refractivity contribution is -0.189. The maximum absolute atomic E-state index is 13.2. The highest BCUT2D eigenvalue weighted by Gasteiger charge is 2.62. The molecule has 4 bridgehead atoms. The molecule has 8 atom stereocenters. The van der Waals surface area contributed by atoms with Gasteiger partial charge >= 0.3 is 6.18 Å². The lowest BCUT2D eigenvalue weighted by atomic mass is 9.90. The monoisotopic (exact) mass is 629 g/mol. The number of fused-ring (bicyclic) bond motifs is 6. The number of hydrogen-bond donors (Lipinski definition) is 5. The van der Waals surface area contributed by atoms with Crippen LogP contribution in [0.5, 0.6) is 5.88 Å². The number of aliphatic hydroxyl groups excluding tert-OH is 1. The summed E-state index contributed by atoms with van der Waals surface area (Å²) in [4.78, 5) is 2.68. The largest absolute Gasteiger partial charge is 0.477 e. The molecule has 0 aromatic carbocycles. The summed E-state index contributed by atoms with van der Waals surface area (Å²) in [7, 11) is 0. The lowest BCUT2D eigenvalue weighted by Crippen LogP contribution is -2.60. The number of ether oxygens (including phenoxy) is 1. The molecule has 5 heterocycles. The first-order valence-electron chi connectivity index (χ1n) is 16.4. The van der Waals surface area contributed by atoms with Gasteiger partial charge in [0.05, 0.1) is 35.8 Å². The van der Waals surface area contributed by atoms with Crippen molar-refractivity contribution in [1.82, 2.24) is 35.4 Å². The van der Waals surface area contributed by atoms with Crippen LogP contribution in [0.2, 0.25) is 0 Å². The Labute approximate surface area is 257 Å². The van der Waals surface area contributed by atoms with E-state index >= 15 is 0 Å². The summed E-state index contributed by atoms with van der Waals surface area (Å²) in [6.45, 7) is 7.83. The van der Waals surface area contributed by atoms with Gasteiger partial charge in [0, 0.05) is 36.8 Å². The van der Waals surface area contributed by atoms with Gasteiger partial charge in [-0.1, -0.05) is 11.9 Å². The van der Waals surface area contributed by atoms with Crippen molar-refractivity contribution in [2.24, 2.45) is 17.3 Å². The number of alkyl halides is 3. The maximum atomic E-state index is 13.2. The van der Waals surface area contributed by atoms with Crippen LogP contribution in [0.3, 0.4) is 0 Å². The van der Waals surface area contributed by atoms with Crippen molar-refractivity contribution in [3.8, 4) is 5.88 Å². The second-order valence-electron chi connectivity index (χ2n) is 14.2. The number of hydrogen-bond acceptors (Lipinski definition) is 9. The molecule has 4 saturated heterocycles. The molecule has 7 unspecified atom stereocenters. The van der Waals surface area contributed by atoms with E-state index in [1.807, 2.05) is 16.9 Å². The van der Waals surface area contributed by atoms with Gasteiger partial charge in [0.1, 0.15) is 6.17 Å². The molecule has 43 heavy (non-hydrogen) atoms. The topological polar surface area (TPSA) is 98.6 Å². The van der Waals surface area contributed by atoms with E-state index in [0.29, 0.717) is 24.1 Å². The SMILES string of the molecule is CC1(C)C[C@@H]2CCCNC3NC(CCC3O)SNCC3CCC(n4ccc(OCCCC5(C(F)(F)F)CC5)n4)NC3N1C2. The van der Waals surface area contributed by atoms with Crippen molar-refractivity contribution >= 4 is 11.9 Å². The Hall–Kier alpha value is -1.09. The summed E-state index contributed by atoms with van der Waals surface area (Å²) in [6, 6.07) is 1.82. The fraction of sp³-hybridized carbons (Fsp3) is 0.900. The van der Waals surface area contributed by atoms with E-state index in [-0.39, 0.29) is 61.4 Å². The highest BCUT2D eigenvalue weighted by molar-refractivity contribution is 7.98. The van der Waals surface area contributed by atoms with Crippen molar-refractivity contribution in [3.63, 3.8) is 0 Å². The standard InChI is InChI=1S/C30H50F3N7O2S/c1-28(2)17-20-5-3-14-34-26-22(41)7-9-25(37-26)43-35-18-21-6-8-23(36-27(21)39(28)19-20)40-15-10-24(38-40)42-16-4-11-29(12-13-29)30(31,32)33/h10,15,20-23,25-27,34-37,41H,3-9,11-14,16-19H2,1-2H3/t20-,21?,22?,23?,25?,26?,27?/m0/s1. The van der Waals surface area contributed by atoms with Gasteiger partial charge in [-0.15, -0.1) is 5.10 Å². The molecule has 1 aromatic heterocycles. The predicted molar refractivity (Wildman–Crippen MR) is 161 cm³/mol. The highest BCUT2D eigenvalue weighted by Crippen LogP contribution is 2.60. The Morgan fingerprint density at radius 3 is 2.77 bits per heavy atom. The Morgan fingerprint density at radius 2 is 1.98 bits per heavy atom. The molecule has 0 spiro atoms. The van der Waals surface area contributed by atoms with Crippen molar-refractivity contribution in [2.75, 3.05) is 26.2 Å². The second-order valence-corrected chi connectivity index (χ2v) is 15.3. The van der Waals surface area contributed by atoms with Crippen LogP contribution < -0.4 is 25.4 Å². The maximum Gasteiger partial charge on any atom is 0.394 e. The fourth-order valence-electron chi connectivity index (χ4n) is 7.87. The Bertz CT molecular complexity index is 1070. The minimum Gasteiger partial charge on any atom is -0.477 e. The third-order valence-electron chi connectivity index (χ3n) is 10.6. The smallest absolute Gasteiger partial charge is 0.394 e. The third-order valence-corrected chi connectivity index (χ3v) is 11.6. The minimum atomic E-state index is -4.11. The number of piperidine rings is 2. The van der Waals surface area contributed by atoms with Crippen LogP contribution in [0.25, 0.3) is 0 Å². The Kier molecular flexibility index (Phi) is 9.61. The highest BCUT2D eigenvalue weighted by atomic mass is 32.2. The van der Waals surface area contributed by atoms with E-state index < -0.39 is 11.6 Å². The van der Waals surface area contributed by atoms with Crippen molar-refractivity contribution in [2.45, 2.75) is 126 Å². The normalized spacial score (nSPS) is 38.0. The molecule has 9 nitrogen and oxygen atoms in total. The molecular weight excluding hydrogens is 579 g/mol. The van der Waals surface area contributed by atoms with Crippen molar-refractivity contribution in [1.29, 1.82) is 0 Å². The average molecular weight is 630 g/mol. The molecule has 4 aliphatic heterocycles. The molecule has 5 aliphatic rings. The number of rotatable bonds is 6. The van der Waals surface area contributed by atoms with E-state index in [4.69, 9.17) is 4.74 Å². The summed E-state index contributed by atoms with van der Waals surface area (Å²) in [5.41, 5.74) is -1.41. The van der Waals surface area contributed by atoms with Gasteiger partial charge in [0.2, 0.25) is 5.88 Å². The first kappa shape index (κ1) is 31.9. The zero-order chi connectivity index (χ0) is 30.2. The van der Waals surface area contributed by atoms with Gasteiger partial charge in [-0.05, 0) is 96.9 Å². The molecule has 5 N–H and O–H groups in total. The van der Waals surface area contributed by atoms with Gasteiger partial charge < -0.3 is 9.84 Å². The Morgan fingerprint density at radius 1 is 1.14 bits per heavy atom. The zero-order valence-corrected chi connectivity index (χ0v) is 26.4. The number of aliphatic hydroxyl groups is 1. The summed E-state index contributed by atoms with van der Waals surface area (Å²) >= 11 is 1.75. The third kappa shape index (κ3) is 7.33. The molecule has 13 heteroatoms. The van der Waals surface area contributed by atoms with Gasteiger partial charge in [-0.25, -0.2) is 0 Å². The number of nitrogens with zero attached hydrogens (tertiary/aromatic N) is 3. The van der Waals surface area contributed by atoms with E-state index in [0.717, 1.165) is 64.6 Å². The Balaban J connectivity index is 1.09. The van der Waals surface area contributed by atoms with Crippen LogP contribution in [-0.4, -0.2) is 81.6 Å². The average Bonchev–Trinajstić information content (AvgIpc) is 3.51. The van der Waals surface area contributed by atoms with Crippen LogP contribution in [-0.2, 0) is 0 Å². The lowest BCUT2D eigenvalue weighted by Gasteiger charge is -2.47. The molecule has 1 saturated carbocycles. The van der Waals surface area contributed by atoms with E-state index in [1.165, 1.54) is 0 Å². The fourth-order valence-corrected chi connectivity index (χ4v) is 8.85. The molecule has 6 rings (SSSR count). The van der Waals surface area contributed by atoms with E-state index in [1.54, 1.807) is 11.9 Å². The van der Waals surface area contributed by atoms with Crippen molar-refractivity contribution in [3.05, 3.63) is 12.3 Å². The predicted octanol–water partition coefficient (Wildman–Crippen LogP) is 4.33. The molecule has 0 radical (unpaired) electrons. The summed E-state index contributed by atoms with van der Waals surface area (Å²) in [5.74, 6) is 1.52. The number of nitrogens with one attached hydrogen (secondary N) is 4. The van der Waals surface area contributed by atoms with Crippen LogP contribution in [0.1, 0.15) is 90.6 Å². The van der Waals surface area contributed by atoms with Crippen LogP contribution >= 0.6 is 11.9 Å². The van der Waals surface area contributed by atoms with Crippen LogP contribution in [0.15, 0.2) is 12.3 Å².